The van der Waals surface area contributed by atoms with Crippen molar-refractivity contribution in [3.05, 3.63) is 23.8 Å². The summed E-state index contributed by atoms with van der Waals surface area (Å²) in [5.74, 6) is 1.79. The molecule has 0 amide bonds. The Morgan fingerprint density at radius 1 is 1.06 bits per heavy atom. The summed E-state index contributed by atoms with van der Waals surface area (Å²) in [5.41, 5.74) is 1.36. The van der Waals surface area contributed by atoms with Crippen LogP contribution in [-0.2, 0) is 6.54 Å². The summed E-state index contributed by atoms with van der Waals surface area (Å²) in [6, 6.07) is 6.34. The minimum atomic E-state index is 0.365. The fourth-order valence-electron chi connectivity index (χ4n) is 2.80. The van der Waals surface area contributed by atoms with E-state index in [1.807, 2.05) is 6.07 Å². The zero-order valence-corrected chi connectivity index (χ0v) is 11.0. The van der Waals surface area contributed by atoms with Gasteiger partial charge >= 0.3 is 0 Å². The van der Waals surface area contributed by atoms with Gasteiger partial charge in [0.05, 0.1) is 20.1 Å². The van der Waals surface area contributed by atoms with Crippen molar-refractivity contribution in [2.75, 3.05) is 40.0 Å². The first-order chi connectivity index (χ1) is 8.81. The lowest BCUT2D eigenvalue weighted by Crippen LogP contribution is -3.15. The Bertz CT molecular complexity index is 422. The van der Waals surface area contributed by atoms with Gasteiger partial charge < -0.3 is 19.3 Å². The summed E-state index contributed by atoms with van der Waals surface area (Å²) in [4.78, 5) is 3.35. The Kier molecular flexibility index (Phi) is 3.39. The Labute approximate surface area is 108 Å². The molecule has 2 aliphatic heterocycles. The van der Waals surface area contributed by atoms with Crippen molar-refractivity contribution in [1.29, 1.82) is 0 Å². The van der Waals surface area contributed by atoms with E-state index in [1.165, 1.54) is 38.2 Å². The fourth-order valence-corrected chi connectivity index (χ4v) is 2.80. The molecule has 2 unspecified atom stereocenters. The van der Waals surface area contributed by atoms with Crippen LogP contribution < -0.4 is 19.3 Å². The molecule has 4 heteroatoms. The van der Waals surface area contributed by atoms with Gasteiger partial charge in [-0.25, -0.2) is 0 Å². The maximum Gasteiger partial charge on any atom is 0.231 e. The summed E-state index contributed by atoms with van der Waals surface area (Å²) in [6.07, 6.45) is 1.33. The maximum atomic E-state index is 5.43. The molecule has 0 radical (unpaired) electrons. The highest BCUT2D eigenvalue weighted by molar-refractivity contribution is 5.44. The van der Waals surface area contributed by atoms with Crippen molar-refractivity contribution < 1.29 is 19.3 Å². The summed E-state index contributed by atoms with van der Waals surface area (Å²) < 4.78 is 10.8. The van der Waals surface area contributed by atoms with E-state index in [0.717, 1.165) is 18.0 Å². The smallest absolute Gasteiger partial charge is 0.231 e. The third-order valence-corrected chi connectivity index (χ3v) is 3.93. The van der Waals surface area contributed by atoms with Crippen LogP contribution in [0.25, 0.3) is 0 Å². The first kappa shape index (κ1) is 11.8. The second-order valence-corrected chi connectivity index (χ2v) is 5.43. The molecule has 1 saturated heterocycles. The van der Waals surface area contributed by atoms with E-state index in [-0.39, 0.29) is 0 Å². The Hall–Kier alpha value is -1.26. The Morgan fingerprint density at radius 3 is 2.89 bits per heavy atom. The standard InChI is InChI=1S/C14H20N2O2/c1-15-5-2-6-16(8-7-15)10-12-3-4-13-14(9-12)18-11-17-13/h3-4,9H,2,5-8,10-11H2,1H3/p+2. The van der Waals surface area contributed by atoms with Crippen molar-refractivity contribution in [3.63, 3.8) is 0 Å². The van der Waals surface area contributed by atoms with Crippen LogP contribution >= 0.6 is 0 Å². The number of hydrogen-bond acceptors (Lipinski definition) is 2. The molecule has 0 bridgehead atoms. The van der Waals surface area contributed by atoms with Crippen LogP contribution in [0.1, 0.15) is 12.0 Å². The molecule has 2 atom stereocenters. The normalized spacial score (nSPS) is 26.9. The van der Waals surface area contributed by atoms with E-state index >= 15 is 0 Å². The second kappa shape index (κ2) is 5.16. The van der Waals surface area contributed by atoms with E-state index in [0.29, 0.717) is 6.79 Å². The zero-order valence-electron chi connectivity index (χ0n) is 11.0. The average molecular weight is 250 g/mol. The third-order valence-electron chi connectivity index (χ3n) is 3.93. The predicted octanol–water partition coefficient (Wildman–Crippen LogP) is -1.28. The maximum absolute atomic E-state index is 5.43. The number of nitrogens with one attached hydrogen (secondary N) is 2. The van der Waals surface area contributed by atoms with Crippen LogP contribution in [0.5, 0.6) is 11.5 Å². The molecule has 0 aliphatic carbocycles. The lowest BCUT2D eigenvalue weighted by Gasteiger charge is -2.16. The molecule has 0 saturated carbocycles. The third kappa shape index (κ3) is 2.60. The van der Waals surface area contributed by atoms with Crippen LogP contribution in [0, 0.1) is 0 Å². The van der Waals surface area contributed by atoms with Gasteiger partial charge in [0.2, 0.25) is 6.79 Å². The molecule has 0 spiro atoms. The monoisotopic (exact) mass is 250 g/mol. The summed E-state index contributed by atoms with van der Waals surface area (Å²) in [6.45, 7) is 6.60. The van der Waals surface area contributed by atoms with Crippen molar-refractivity contribution in [3.8, 4) is 11.5 Å². The summed E-state index contributed by atoms with van der Waals surface area (Å²) in [5, 5.41) is 0. The molecular formula is C14H22N2O2+2. The number of rotatable bonds is 2. The molecular weight excluding hydrogens is 228 g/mol. The molecule has 98 valence electrons. The van der Waals surface area contributed by atoms with Gasteiger partial charge in [0.1, 0.15) is 19.6 Å². The highest BCUT2D eigenvalue weighted by Crippen LogP contribution is 2.32. The number of hydrogen-bond donors (Lipinski definition) is 2. The average Bonchev–Trinajstić information content (AvgIpc) is 2.74. The van der Waals surface area contributed by atoms with Crippen LogP contribution in [0.3, 0.4) is 0 Å². The minimum absolute atomic E-state index is 0.365. The molecule has 0 aromatic heterocycles. The molecule has 1 aromatic carbocycles. The molecule has 18 heavy (non-hydrogen) atoms. The van der Waals surface area contributed by atoms with E-state index in [2.05, 4.69) is 19.2 Å². The molecule has 1 aromatic rings. The van der Waals surface area contributed by atoms with Crippen LogP contribution in [-0.4, -0.2) is 40.0 Å². The van der Waals surface area contributed by atoms with E-state index in [1.54, 1.807) is 9.80 Å². The molecule has 2 aliphatic rings. The van der Waals surface area contributed by atoms with Crippen LogP contribution in [0.15, 0.2) is 18.2 Å². The van der Waals surface area contributed by atoms with Gasteiger partial charge in [-0.05, 0) is 18.2 Å². The highest BCUT2D eigenvalue weighted by atomic mass is 16.7. The lowest BCUT2D eigenvalue weighted by molar-refractivity contribution is -0.938. The van der Waals surface area contributed by atoms with Gasteiger partial charge in [0.15, 0.2) is 11.5 Å². The van der Waals surface area contributed by atoms with E-state index < -0.39 is 0 Å². The van der Waals surface area contributed by atoms with Crippen molar-refractivity contribution in [2.24, 2.45) is 0 Å². The van der Waals surface area contributed by atoms with Gasteiger partial charge in [-0.3, -0.25) is 0 Å². The predicted molar refractivity (Wildman–Crippen MR) is 68.2 cm³/mol. The number of ether oxygens (including phenoxy) is 2. The number of fused-ring (bicyclic) bond motifs is 1. The van der Waals surface area contributed by atoms with E-state index in [4.69, 9.17) is 9.47 Å². The van der Waals surface area contributed by atoms with Crippen LogP contribution in [0.4, 0.5) is 0 Å². The largest absolute Gasteiger partial charge is 0.454 e. The molecule has 2 heterocycles. The molecule has 1 fully saturated rings. The van der Waals surface area contributed by atoms with Gasteiger partial charge in [0, 0.05) is 12.0 Å². The van der Waals surface area contributed by atoms with Crippen molar-refractivity contribution in [1.82, 2.24) is 0 Å². The van der Waals surface area contributed by atoms with Gasteiger partial charge in [-0.15, -0.1) is 0 Å². The first-order valence-corrected chi connectivity index (χ1v) is 6.84. The zero-order chi connectivity index (χ0) is 12.4. The fraction of sp³-hybridized carbons (Fsp3) is 0.571. The highest BCUT2D eigenvalue weighted by Gasteiger charge is 2.19. The van der Waals surface area contributed by atoms with Crippen molar-refractivity contribution in [2.45, 2.75) is 13.0 Å². The Balaban J connectivity index is 1.65. The minimum Gasteiger partial charge on any atom is -0.454 e. The number of quaternary nitrogens is 2. The Morgan fingerprint density at radius 2 is 1.94 bits per heavy atom. The molecule has 2 N–H and O–H groups in total. The van der Waals surface area contributed by atoms with Gasteiger partial charge in [0.25, 0.3) is 0 Å². The second-order valence-electron chi connectivity index (χ2n) is 5.43. The SMILES string of the molecule is C[NH+]1CCC[NH+](Cc2ccc3c(c2)OCO3)CC1. The molecule has 4 nitrogen and oxygen atoms in total. The topological polar surface area (TPSA) is 27.3 Å². The number of benzene rings is 1. The summed E-state index contributed by atoms with van der Waals surface area (Å²) in [7, 11) is 2.30. The summed E-state index contributed by atoms with van der Waals surface area (Å²) >= 11 is 0. The van der Waals surface area contributed by atoms with Gasteiger partial charge in [-0.2, -0.15) is 0 Å². The quantitative estimate of drug-likeness (QED) is 0.684. The van der Waals surface area contributed by atoms with E-state index in [9.17, 15) is 0 Å². The van der Waals surface area contributed by atoms with Crippen molar-refractivity contribution >= 4 is 0 Å². The van der Waals surface area contributed by atoms with Gasteiger partial charge in [-0.1, -0.05) is 0 Å². The number of likely N-dealkylation sites (N-methyl/N-ethyl adjacent to an activating group) is 1. The molecule has 3 rings (SSSR count). The lowest BCUT2D eigenvalue weighted by atomic mass is 10.2. The van der Waals surface area contributed by atoms with Crippen LogP contribution in [0.2, 0.25) is 0 Å². The first-order valence-electron chi connectivity index (χ1n) is 6.84.